The lowest BCUT2D eigenvalue weighted by atomic mass is 9.99. The molecule has 0 saturated carbocycles. The fraction of sp³-hybridized carbons (Fsp3) is 0.765. The molecule has 4 atom stereocenters. The summed E-state index contributed by atoms with van der Waals surface area (Å²) in [5.41, 5.74) is -2.39. The maximum atomic E-state index is 12.2. The van der Waals surface area contributed by atoms with Crippen LogP contribution in [0.25, 0.3) is 0 Å². The summed E-state index contributed by atoms with van der Waals surface area (Å²) in [5, 5.41) is 10.1. The molecular weight excluding hydrogens is 420 g/mol. The molecule has 0 bridgehead atoms. The molecule has 1 aromatic rings. The Balaban J connectivity index is 2.41. The molecule has 2 heterocycles. The molecule has 1 saturated heterocycles. The minimum atomic E-state index is -3.80. The summed E-state index contributed by atoms with van der Waals surface area (Å²) in [7, 11) is -6.04. The first-order valence-corrected chi connectivity index (χ1v) is 14.3. The molecule has 29 heavy (non-hydrogen) atoms. The standard InChI is InChI=1S/C17H30N2O8SSi/c1-6-12(2)29(4,5)27-13-9-15(19-8-7-14(21)18-16(19)22)26-17(13,10-20)11-25-28(3,23)24/h7-8,12-13,15,20H,6,9-11H2,1-5H3,(H,18,21,22)/t12?,13?,15-,17+/m0/s1. The summed E-state index contributed by atoms with van der Waals surface area (Å²) < 4.78 is 41.6. The molecule has 1 aliphatic rings. The number of aliphatic hydroxyl groups is 1. The molecule has 0 aliphatic carbocycles. The molecule has 166 valence electrons. The largest absolute Gasteiger partial charge is 0.411 e. The van der Waals surface area contributed by atoms with E-state index in [0.717, 1.165) is 12.7 Å². The van der Waals surface area contributed by atoms with Crippen LogP contribution in [0.15, 0.2) is 21.9 Å². The zero-order valence-corrected chi connectivity index (χ0v) is 19.2. The van der Waals surface area contributed by atoms with Crippen LogP contribution in [0.3, 0.4) is 0 Å². The minimum Gasteiger partial charge on any atom is -0.411 e. The smallest absolute Gasteiger partial charge is 0.330 e. The second kappa shape index (κ2) is 8.82. The Morgan fingerprint density at radius 1 is 1.45 bits per heavy atom. The molecule has 1 aromatic heterocycles. The van der Waals surface area contributed by atoms with Crippen LogP contribution in [0.4, 0.5) is 0 Å². The summed E-state index contributed by atoms with van der Waals surface area (Å²) in [6, 6.07) is 1.18. The topological polar surface area (TPSA) is 137 Å². The van der Waals surface area contributed by atoms with Crippen LogP contribution in [-0.2, 0) is 23.5 Å². The highest BCUT2D eigenvalue weighted by molar-refractivity contribution is 7.85. The molecule has 1 aliphatic heterocycles. The van der Waals surface area contributed by atoms with Gasteiger partial charge >= 0.3 is 5.69 Å². The van der Waals surface area contributed by atoms with Gasteiger partial charge in [-0.2, -0.15) is 8.42 Å². The first kappa shape index (κ1) is 24.0. The number of hydrogen-bond acceptors (Lipinski definition) is 8. The van der Waals surface area contributed by atoms with Crippen LogP contribution in [0.2, 0.25) is 18.6 Å². The quantitative estimate of drug-likeness (QED) is 0.411. The second-order valence-electron chi connectivity index (χ2n) is 8.03. The van der Waals surface area contributed by atoms with Gasteiger partial charge in [0.1, 0.15) is 18.4 Å². The van der Waals surface area contributed by atoms with E-state index in [1.807, 2.05) is 13.1 Å². The van der Waals surface area contributed by atoms with Crippen LogP contribution in [-0.4, -0.2) is 62.6 Å². The van der Waals surface area contributed by atoms with E-state index >= 15 is 0 Å². The molecule has 0 radical (unpaired) electrons. The van der Waals surface area contributed by atoms with Crippen molar-refractivity contribution < 1.29 is 26.9 Å². The zero-order valence-electron chi connectivity index (χ0n) is 17.4. The van der Waals surface area contributed by atoms with Crippen molar-refractivity contribution in [2.45, 2.75) is 63.3 Å². The number of ether oxygens (including phenoxy) is 1. The fourth-order valence-corrected chi connectivity index (χ4v) is 5.94. The van der Waals surface area contributed by atoms with E-state index in [0.29, 0.717) is 5.54 Å². The van der Waals surface area contributed by atoms with Crippen molar-refractivity contribution in [2.24, 2.45) is 0 Å². The van der Waals surface area contributed by atoms with E-state index in [4.69, 9.17) is 13.3 Å². The average molecular weight is 451 g/mol. The molecule has 0 aromatic carbocycles. The monoisotopic (exact) mass is 450 g/mol. The Hall–Kier alpha value is -1.31. The third-order valence-corrected chi connectivity index (χ3v) is 9.78. The Labute approximate surface area is 171 Å². The van der Waals surface area contributed by atoms with Crippen LogP contribution < -0.4 is 11.2 Å². The van der Waals surface area contributed by atoms with Crippen molar-refractivity contribution in [1.29, 1.82) is 0 Å². The summed E-state index contributed by atoms with van der Waals surface area (Å²) in [4.78, 5) is 25.7. The average Bonchev–Trinajstić information content (AvgIpc) is 2.96. The van der Waals surface area contributed by atoms with Gasteiger partial charge in [0.15, 0.2) is 8.32 Å². The minimum absolute atomic E-state index is 0.187. The molecule has 2 unspecified atom stereocenters. The molecular formula is C17H30N2O8SSi. The number of hydrogen-bond donors (Lipinski definition) is 2. The maximum absolute atomic E-state index is 12.2. The zero-order chi connectivity index (χ0) is 22.0. The second-order valence-corrected chi connectivity index (χ2v) is 14.1. The lowest BCUT2D eigenvalue weighted by Gasteiger charge is -2.38. The van der Waals surface area contributed by atoms with E-state index in [1.54, 1.807) is 0 Å². The highest BCUT2D eigenvalue weighted by Gasteiger charge is 2.53. The van der Waals surface area contributed by atoms with Gasteiger partial charge in [-0.1, -0.05) is 20.3 Å². The van der Waals surface area contributed by atoms with E-state index in [2.05, 4.69) is 18.8 Å². The number of nitrogens with one attached hydrogen (secondary N) is 1. The first-order valence-electron chi connectivity index (χ1n) is 9.46. The number of nitrogens with zero attached hydrogens (tertiary/aromatic N) is 1. The van der Waals surface area contributed by atoms with Crippen molar-refractivity contribution in [3.8, 4) is 0 Å². The number of rotatable bonds is 9. The van der Waals surface area contributed by atoms with Gasteiger partial charge in [0.2, 0.25) is 0 Å². The molecule has 0 spiro atoms. The summed E-state index contributed by atoms with van der Waals surface area (Å²) in [6.07, 6.45) is 1.74. The van der Waals surface area contributed by atoms with Gasteiger partial charge in [-0.3, -0.25) is 18.5 Å². The fourth-order valence-electron chi connectivity index (χ4n) is 3.27. The van der Waals surface area contributed by atoms with Gasteiger partial charge in [0.05, 0.1) is 19.0 Å². The Kier molecular flexibility index (Phi) is 7.29. The molecule has 1 fully saturated rings. The van der Waals surface area contributed by atoms with Gasteiger partial charge < -0.3 is 14.3 Å². The third kappa shape index (κ3) is 5.64. The van der Waals surface area contributed by atoms with Gasteiger partial charge in [-0.25, -0.2) is 4.79 Å². The number of aromatic nitrogens is 2. The first-order chi connectivity index (χ1) is 13.3. The number of aliphatic hydroxyl groups excluding tert-OH is 1. The number of aromatic amines is 1. The van der Waals surface area contributed by atoms with Gasteiger partial charge in [0, 0.05) is 18.7 Å². The highest BCUT2D eigenvalue weighted by atomic mass is 32.2. The summed E-state index contributed by atoms with van der Waals surface area (Å²) in [6.45, 7) is 7.21. The van der Waals surface area contributed by atoms with Crippen molar-refractivity contribution >= 4 is 18.4 Å². The van der Waals surface area contributed by atoms with E-state index in [-0.39, 0.29) is 6.42 Å². The number of H-pyrrole nitrogens is 1. The van der Waals surface area contributed by atoms with Crippen molar-refractivity contribution in [1.82, 2.24) is 9.55 Å². The van der Waals surface area contributed by atoms with Crippen LogP contribution in [0.5, 0.6) is 0 Å². The molecule has 2 rings (SSSR count). The molecule has 0 amide bonds. The van der Waals surface area contributed by atoms with E-state index in [1.165, 1.54) is 16.8 Å². The molecule has 10 nitrogen and oxygen atoms in total. The van der Waals surface area contributed by atoms with Crippen LogP contribution >= 0.6 is 0 Å². The van der Waals surface area contributed by atoms with Gasteiger partial charge in [-0.15, -0.1) is 0 Å². The van der Waals surface area contributed by atoms with E-state index in [9.17, 15) is 23.1 Å². The lowest BCUT2D eigenvalue weighted by Crippen LogP contribution is -2.53. The molecule has 12 heteroatoms. The maximum Gasteiger partial charge on any atom is 0.330 e. The van der Waals surface area contributed by atoms with Gasteiger partial charge in [0.25, 0.3) is 15.7 Å². The van der Waals surface area contributed by atoms with Crippen molar-refractivity contribution in [3.05, 3.63) is 33.1 Å². The summed E-state index contributed by atoms with van der Waals surface area (Å²) >= 11 is 0. The van der Waals surface area contributed by atoms with Crippen LogP contribution in [0.1, 0.15) is 32.9 Å². The van der Waals surface area contributed by atoms with Crippen molar-refractivity contribution in [3.63, 3.8) is 0 Å². The lowest BCUT2D eigenvalue weighted by molar-refractivity contribution is -0.142. The predicted octanol–water partition coefficient (Wildman–Crippen LogP) is 0.553. The Bertz CT molecular complexity index is 928. The van der Waals surface area contributed by atoms with Crippen molar-refractivity contribution in [2.75, 3.05) is 19.5 Å². The Morgan fingerprint density at radius 3 is 2.62 bits per heavy atom. The molecule has 2 N–H and O–H groups in total. The SMILES string of the molecule is CCC(C)[Si](C)(C)OC1C[C@@H](n2ccc(=O)[nH]c2=O)O[C@]1(CO)COS(C)(=O)=O. The summed E-state index contributed by atoms with van der Waals surface area (Å²) in [5.74, 6) is 0. The predicted molar refractivity (Wildman–Crippen MR) is 109 cm³/mol. The van der Waals surface area contributed by atoms with Crippen LogP contribution in [0, 0.1) is 0 Å². The highest BCUT2D eigenvalue weighted by Crippen LogP contribution is 2.41. The Morgan fingerprint density at radius 2 is 2.10 bits per heavy atom. The normalized spacial score (nSPS) is 26.6. The van der Waals surface area contributed by atoms with E-state index < -0.39 is 60.8 Å². The van der Waals surface area contributed by atoms with Gasteiger partial charge in [-0.05, 0) is 18.6 Å². The third-order valence-electron chi connectivity index (χ3n) is 5.56.